The minimum absolute atomic E-state index is 0.695. The van der Waals surface area contributed by atoms with E-state index < -0.39 is 0 Å². The molecule has 0 fully saturated rings. The zero-order valence-corrected chi connectivity index (χ0v) is 10.0. The lowest BCUT2D eigenvalue weighted by Gasteiger charge is -2.05. The largest absolute Gasteiger partial charge is 0.376 e. The van der Waals surface area contributed by atoms with Gasteiger partial charge < -0.3 is 10.1 Å². The lowest BCUT2D eigenvalue weighted by molar-refractivity contribution is 0.125. The highest BCUT2D eigenvalue weighted by molar-refractivity contribution is 5.22. The van der Waals surface area contributed by atoms with Crippen LogP contribution in [0, 0.1) is 0 Å². The first kappa shape index (κ1) is 12.9. The van der Waals surface area contributed by atoms with Gasteiger partial charge in [-0.15, -0.1) is 6.58 Å². The summed E-state index contributed by atoms with van der Waals surface area (Å²) in [6.07, 6.45) is 3.87. The molecule has 1 aromatic rings. The molecular weight excluding hydrogens is 198 g/mol. The van der Waals surface area contributed by atoms with Crippen molar-refractivity contribution in [2.24, 2.45) is 0 Å². The predicted octanol–water partition coefficient (Wildman–Crippen LogP) is 2.54. The van der Waals surface area contributed by atoms with Gasteiger partial charge in [0, 0.05) is 0 Å². The molecule has 88 valence electrons. The molecule has 0 heterocycles. The van der Waals surface area contributed by atoms with E-state index in [1.165, 1.54) is 11.1 Å². The minimum Gasteiger partial charge on any atom is -0.376 e. The highest BCUT2D eigenvalue weighted by Crippen LogP contribution is 2.06. The van der Waals surface area contributed by atoms with Crippen LogP contribution >= 0.6 is 0 Å². The van der Waals surface area contributed by atoms with Crippen LogP contribution in [-0.4, -0.2) is 20.2 Å². The van der Waals surface area contributed by atoms with Crippen LogP contribution in [0.4, 0.5) is 0 Å². The zero-order valence-electron chi connectivity index (χ0n) is 10.0. The molecule has 0 aliphatic rings. The van der Waals surface area contributed by atoms with Gasteiger partial charge in [0.1, 0.15) is 0 Å². The summed E-state index contributed by atoms with van der Waals surface area (Å²) in [5, 5.41) is 3.15. The fourth-order valence-electron chi connectivity index (χ4n) is 1.43. The van der Waals surface area contributed by atoms with Gasteiger partial charge in [0.2, 0.25) is 0 Å². The number of nitrogens with one attached hydrogen (secondary N) is 1. The molecule has 2 nitrogen and oxygen atoms in total. The summed E-state index contributed by atoms with van der Waals surface area (Å²) in [7, 11) is 1.97. The number of ether oxygens (including phenoxy) is 1. The number of rotatable bonds is 8. The van der Waals surface area contributed by atoms with Gasteiger partial charge in [0.05, 0.1) is 13.2 Å². The normalized spacial score (nSPS) is 10.3. The van der Waals surface area contributed by atoms with Crippen LogP contribution < -0.4 is 5.32 Å². The summed E-state index contributed by atoms with van der Waals surface area (Å²) in [4.78, 5) is 0. The van der Waals surface area contributed by atoms with Gasteiger partial charge in [-0.1, -0.05) is 30.3 Å². The van der Waals surface area contributed by atoms with Crippen LogP contribution in [0.5, 0.6) is 0 Å². The van der Waals surface area contributed by atoms with E-state index in [0.717, 1.165) is 26.0 Å². The fraction of sp³-hybridized carbons (Fsp3) is 0.429. The fourth-order valence-corrected chi connectivity index (χ4v) is 1.43. The number of hydrogen-bond donors (Lipinski definition) is 1. The molecule has 0 unspecified atom stereocenters. The van der Waals surface area contributed by atoms with Crippen molar-refractivity contribution in [2.45, 2.75) is 19.4 Å². The third-order valence-electron chi connectivity index (χ3n) is 2.42. The molecule has 0 saturated heterocycles. The smallest absolute Gasteiger partial charge is 0.0717 e. The highest BCUT2D eigenvalue weighted by Gasteiger charge is 1.95. The molecule has 0 aliphatic heterocycles. The lowest BCUT2D eigenvalue weighted by atomic mass is 10.1. The van der Waals surface area contributed by atoms with Crippen molar-refractivity contribution in [1.82, 2.24) is 5.32 Å². The summed E-state index contributed by atoms with van der Waals surface area (Å²) in [6.45, 7) is 6.13. The average Bonchev–Trinajstić information content (AvgIpc) is 2.33. The molecule has 0 amide bonds. The summed E-state index contributed by atoms with van der Waals surface area (Å²) in [5.74, 6) is 0. The molecule has 0 aromatic heterocycles. The van der Waals surface area contributed by atoms with Crippen molar-refractivity contribution >= 4 is 0 Å². The molecule has 0 saturated carbocycles. The van der Waals surface area contributed by atoms with Crippen molar-refractivity contribution < 1.29 is 4.74 Å². The molecule has 0 aliphatic carbocycles. The summed E-state index contributed by atoms with van der Waals surface area (Å²) < 4.78 is 5.50. The maximum atomic E-state index is 5.50. The van der Waals surface area contributed by atoms with Gasteiger partial charge in [-0.3, -0.25) is 0 Å². The molecule has 0 spiro atoms. The Morgan fingerprint density at radius 1 is 1.25 bits per heavy atom. The highest BCUT2D eigenvalue weighted by atomic mass is 16.5. The van der Waals surface area contributed by atoms with Crippen LogP contribution in [0.2, 0.25) is 0 Å². The quantitative estimate of drug-likeness (QED) is 0.536. The van der Waals surface area contributed by atoms with Crippen LogP contribution in [0.25, 0.3) is 0 Å². The topological polar surface area (TPSA) is 21.3 Å². The molecule has 0 atom stereocenters. The Morgan fingerprint density at radius 3 is 2.56 bits per heavy atom. The Labute approximate surface area is 98.3 Å². The SMILES string of the molecule is C=CCCOCc1ccc(CCNC)cc1. The maximum Gasteiger partial charge on any atom is 0.0717 e. The van der Waals surface area contributed by atoms with E-state index in [1.54, 1.807) is 0 Å². The molecule has 1 rings (SSSR count). The summed E-state index contributed by atoms with van der Waals surface area (Å²) in [5.41, 5.74) is 2.60. The Morgan fingerprint density at radius 2 is 1.94 bits per heavy atom. The summed E-state index contributed by atoms with van der Waals surface area (Å²) in [6, 6.07) is 8.62. The van der Waals surface area contributed by atoms with Crippen molar-refractivity contribution in [3.63, 3.8) is 0 Å². The van der Waals surface area contributed by atoms with E-state index >= 15 is 0 Å². The van der Waals surface area contributed by atoms with Gasteiger partial charge in [-0.05, 0) is 37.6 Å². The van der Waals surface area contributed by atoms with E-state index in [4.69, 9.17) is 4.74 Å². The second-order valence-corrected chi connectivity index (χ2v) is 3.80. The minimum atomic E-state index is 0.695. The van der Waals surface area contributed by atoms with Gasteiger partial charge >= 0.3 is 0 Å². The third-order valence-corrected chi connectivity index (χ3v) is 2.42. The van der Waals surface area contributed by atoms with E-state index in [0.29, 0.717) is 6.61 Å². The first-order valence-corrected chi connectivity index (χ1v) is 5.78. The standard InChI is InChI=1S/C14H21NO/c1-3-4-11-16-12-14-7-5-13(6-8-14)9-10-15-2/h3,5-8,15H,1,4,9-12H2,2H3. The molecule has 2 heteroatoms. The molecular formula is C14H21NO. The average molecular weight is 219 g/mol. The van der Waals surface area contributed by atoms with Crippen molar-refractivity contribution in [2.75, 3.05) is 20.2 Å². The summed E-state index contributed by atoms with van der Waals surface area (Å²) >= 11 is 0. The van der Waals surface area contributed by atoms with Gasteiger partial charge in [-0.2, -0.15) is 0 Å². The Bertz CT molecular complexity index is 292. The van der Waals surface area contributed by atoms with Gasteiger partial charge in [-0.25, -0.2) is 0 Å². The monoisotopic (exact) mass is 219 g/mol. The maximum absolute atomic E-state index is 5.50. The van der Waals surface area contributed by atoms with Crippen molar-refractivity contribution in [3.05, 3.63) is 48.0 Å². The van der Waals surface area contributed by atoms with E-state index in [1.807, 2.05) is 13.1 Å². The number of likely N-dealkylation sites (N-methyl/N-ethyl adjacent to an activating group) is 1. The third kappa shape index (κ3) is 5.10. The molecule has 1 aromatic carbocycles. The van der Waals surface area contributed by atoms with Crippen molar-refractivity contribution in [3.8, 4) is 0 Å². The number of hydrogen-bond acceptors (Lipinski definition) is 2. The van der Waals surface area contributed by atoms with Crippen LogP contribution in [0.15, 0.2) is 36.9 Å². The second-order valence-electron chi connectivity index (χ2n) is 3.80. The van der Waals surface area contributed by atoms with Crippen LogP contribution in [0.1, 0.15) is 17.5 Å². The van der Waals surface area contributed by atoms with Crippen LogP contribution in [0.3, 0.4) is 0 Å². The van der Waals surface area contributed by atoms with Gasteiger partial charge in [0.25, 0.3) is 0 Å². The first-order valence-electron chi connectivity index (χ1n) is 5.78. The van der Waals surface area contributed by atoms with E-state index in [9.17, 15) is 0 Å². The van der Waals surface area contributed by atoms with Crippen LogP contribution in [-0.2, 0) is 17.8 Å². The van der Waals surface area contributed by atoms with E-state index in [-0.39, 0.29) is 0 Å². The van der Waals surface area contributed by atoms with Crippen molar-refractivity contribution in [1.29, 1.82) is 0 Å². The Balaban J connectivity index is 2.30. The Kier molecular flexibility index (Phi) is 6.54. The first-order chi connectivity index (χ1) is 7.86. The second kappa shape index (κ2) is 8.08. The number of benzene rings is 1. The van der Waals surface area contributed by atoms with Gasteiger partial charge in [0.15, 0.2) is 0 Å². The molecule has 0 bridgehead atoms. The zero-order chi connectivity index (χ0) is 11.6. The molecule has 16 heavy (non-hydrogen) atoms. The lowest BCUT2D eigenvalue weighted by Crippen LogP contribution is -2.10. The Hall–Kier alpha value is -1.12. The molecule has 1 N–H and O–H groups in total. The molecule has 0 radical (unpaired) electrons. The van der Waals surface area contributed by atoms with E-state index in [2.05, 4.69) is 36.2 Å². The predicted molar refractivity (Wildman–Crippen MR) is 68.5 cm³/mol.